The molecule has 0 aromatic heterocycles. The van der Waals surface area contributed by atoms with Crippen LogP contribution in [0.15, 0.2) is 115 Å². The molecule has 0 fully saturated rings. The topological polar surface area (TPSA) is 0 Å². The molecule has 0 aliphatic heterocycles. The molecule has 0 saturated heterocycles. The number of hydrogen-bond acceptors (Lipinski definition) is 0. The lowest BCUT2D eigenvalue weighted by molar-refractivity contribution is -0.00000537. The first-order valence-corrected chi connectivity index (χ1v) is 12.6. The van der Waals surface area contributed by atoms with Crippen molar-refractivity contribution in [2.24, 2.45) is 0 Å². The van der Waals surface area contributed by atoms with Crippen molar-refractivity contribution < 1.29 is 17.0 Å². The van der Waals surface area contributed by atoms with Crippen LogP contribution in [0.1, 0.15) is 11.1 Å². The molecule has 0 saturated carbocycles. The lowest BCUT2D eigenvalue weighted by Gasteiger charge is -2.28. The van der Waals surface area contributed by atoms with Crippen molar-refractivity contribution in [2.75, 3.05) is 0 Å². The fourth-order valence-corrected chi connectivity index (χ4v) is 8.46. The van der Waals surface area contributed by atoms with E-state index in [0.717, 1.165) is 11.5 Å². The minimum atomic E-state index is -1.84. The Hall–Kier alpha value is -1.73. The molecule has 0 radical (unpaired) electrons. The van der Waals surface area contributed by atoms with E-state index in [1.54, 1.807) is 0 Å². The molecular weight excluding hydrogens is 503 g/mol. The fourth-order valence-electron chi connectivity index (χ4n) is 3.82. The van der Waals surface area contributed by atoms with Gasteiger partial charge in [0, 0.05) is 5.33 Å². The molecule has 0 amide bonds. The molecule has 0 heterocycles. The monoisotopic (exact) mass is 524 g/mol. The van der Waals surface area contributed by atoms with Crippen LogP contribution in [0.5, 0.6) is 0 Å². The van der Waals surface area contributed by atoms with Gasteiger partial charge >= 0.3 is 0 Å². The largest absolute Gasteiger partial charge is 1.00 e. The highest BCUT2D eigenvalue weighted by Gasteiger charge is 2.45. The Labute approximate surface area is 193 Å². The van der Waals surface area contributed by atoms with Crippen molar-refractivity contribution in [3.05, 3.63) is 126 Å². The Morgan fingerprint density at radius 2 is 0.966 bits per heavy atom. The highest BCUT2D eigenvalue weighted by molar-refractivity contribution is 9.08. The van der Waals surface area contributed by atoms with Crippen LogP contribution in [0.4, 0.5) is 0 Å². The summed E-state index contributed by atoms with van der Waals surface area (Å²) < 4.78 is 0. The number of alkyl halides is 1. The van der Waals surface area contributed by atoms with Gasteiger partial charge in [-0.1, -0.05) is 94.8 Å². The Bertz CT molecular complexity index is 979. The molecule has 0 bridgehead atoms. The molecule has 0 nitrogen and oxygen atoms in total. The molecule has 0 spiro atoms. The maximum Gasteiger partial charge on any atom is 0.116 e. The zero-order valence-corrected chi connectivity index (χ0v) is 20.2. The summed E-state index contributed by atoms with van der Waals surface area (Å²) >= 11 is 3.65. The Morgan fingerprint density at radius 3 is 1.48 bits per heavy atom. The van der Waals surface area contributed by atoms with Crippen LogP contribution >= 0.6 is 23.2 Å². The molecule has 0 aliphatic carbocycles. The van der Waals surface area contributed by atoms with Crippen LogP contribution in [0.25, 0.3) is 0 Å². The van der Waals surface area contributed by atoms with Crippen molar-refractivity contribution in [1.29, 1.82) is 0 Å². The van der Waals surface area contributed by atoms with Gasteiger partial charge in [0.15, 0.2) is 0 Å². The van der Waals surface area contributed by atoms with Gasteiger partial charge in [0.2, 0.25) is 0 Å². The maximum absolute atomic E-state index is 3.65. The lowest BCUT2D eigenvalue weighted by Crippen LogP contribution is -3.00. The van der Waals surface area contributed by atoms with E-state index in [1.807, 2.05) is 0 Å². The third-order valence-corrected chi connectivity index (χ3v) is 10.2. The molecule has 29 heavy (non-hydrogen) atoms. The van der Waals surface area contributed by atoms with Gasteiger partial charge in [-0.05, 0) is 47.5 Å². The molecular formula is C26H23Br2P. The quantitative estimate of drug-likeness (QED) is 0.268. The Balaban J connectivity index is 0.00000240. The van der Waals surface area contributed by atoms with Gasteiger partial charge in [-0.2, -0.15) is 0 Å². The zero-order valence-electron chi connectivity index (χ0n) is 16.1. The summed E-state index contributed by atoms with van der Waals surface area (Å²) in [5.74, 6) is 0. The predicted octanol–water partition coefficient (Wildman–Crippen LogP) is 3.08. The second-order valence-electron chi connectivity index (χ2n) is 6.93. The minimum Gasteiger partial charge on any atom is -1.00 e. The third kappa shape index (κ3) is 4.72. The van der Waals surface area contributed by atoms with Gasteiger partial charge in [-0.3, -0.25) is 0 Å². The van der Waals surface area contributed by atoms with Crippen LogP contribution in [-0.2, 0) is 11.5 Å². The van der Waals surface area contributed by atoms with E-state index in [0.29, 0.717) is 0 Å². The Morgan fingerprint density at radius 1 is 0.517 bits per heavy atom. The van der Waals surface area contributed by atoms with Gasteiger partial charge in [0.1, 0.15) is 23.2 Å². The van der Waals surface area contributed by atoms with Crippen LogP contribution in [0, 0.1) is 0 Å². The first-order chi connectivity index (χ1) is 13.8. The van der Waals surface area contributed by atoms with Crippen molar-refractivity contribution in [2.45, 2.75) is 11.5 Å². The van der Waals surface area contributed by atoms with Crippen LogP contribution in [0.3, 0.4) is 0 Å². The maximum atomic E-state index is 3.65. The summed E-state index contributed by atoms with van der Waals surface area (Å²) in [6.45, 7) is 0. The van der Waals surface area contributed by atoms with E-state index in [4.69, 9.17) is 0 Å². The molecule has 3 heteroatoms. The van der Waals surface area contributed by atoms with E-state index in [2.05, 4.69) is 131 Å². The number of rotatable bonds is 6. The van der Waals surface area contributed by atoms with E-state index in [-0.39, 0.29) is 17.0 Å². The second-order valence-corrected chi connectivity index (χ2v) is 11.0. The van der Waals surface area contributed by atoms with Gasteiger partial charge in [0.05, 0.1) is 6.16 Å². The minimum absolute atomic E-state index is 0. The average Bonchev–Trinajstić information content (AvgIpc) is 2.79. The highest BCUT2D eigenvalue weighted by atomic mass is 79.9. The van der Waals surface area contributed by atoms with Crippen molar-refractivity contribution >= 4 is 39.1 Å². The van der Waals surface area contributed by atoms with E-state index in [9.17, 15) is 0 Å². The molecule has 0 atom stereocenters. The number of hydrogen-bond donors (Lipinski definition) is 0. The summed E-state index contributed by atoms with van der Waals surface area (Å²) in [5.41, 5.74) is 2.70. The van der Waals surface area contributed by atoms with Crippen molar-refractivity contribution in [1.82, 2.24) is 0 Å². The predicted molar refractivity (Wildman–Crippen MR) is 128 cm³/mol. The van der Waals surface area contributed by atoms with Crippen molar-refractivity contribution in [3.63, 3.8) is 0 Å². The standard InChI is InChI=1S/C26H23BrP.BrH/c27-20-23-13-10-18-26(19-23)28(24-14-6-2-7-15-24,25-16-8-3-9-17-25)21-22-11-4-1-5-12-22;/h1-19H,20-21H2;1H/q+1;/p-1. The van der Waals surface area contributed by atoms with Gasteiger partial charge in [-0.15, -0.1) is 0 Å². The van der Waals surface area contributed by atoms with E-state index >= 15 is 0 Å². The second kappa shape index (κ2) is 10.3. The normalized spacial score (nSPS) is 10.9. The molecule has 0 unspecified atom stereocenters. The molecule has 4 rings (SSSR count). The third-order valence-electron chi connectivity index (χ3n) is 5.16. The fraction of sp³-hybridized carbons (Fsp3) is 0.0769. The molecule has 146 valence electrons. The van der Waals surface area contributed by atoms with Gasteiger partial charge in [-0.25, -0.2) is 0 Å². The Kier molecular flexibility index (Phi) is 7.84. The molecule has 4 aromatic carbocycles. The number of benzene rings is 4. The smallest absolute Gasteiger partial charge is 0.116 e. The zero-order chi connectivity index (χ0) is 19.2. The summed E-state index contributed by atoms with van der Waals surface area (Å²) in [6.07, 6.45) is 1.02. The number of halogens is 2. The summed E-state index contributed by atoms with van der Waals surface area (Å²) in [4.78, 5) is 0. The lowest BCUT2D eigenvalue weighted by atomic mass is 10.2. The highest BCUT2D eigenvalue weighted by Crippen LogP contribution is 2.58. The van der Waals surface area contributed by atoms with E-state index in [1.165, 1.54) is 27.0 Å². The molecule has 0 aliphatic rings. The van der Waals surface area contributed by atoms with E-state index < -0.39 is 7.26 Å². The van der Waals surface area contributed by atoms with Crippen LogP contribution < -0.4 is 32.9 Å². The summed E-state index contributed by atoms with van der Waals surface area (Å²) in [5, 5.41) is 5.16. The molecule has 0 N–H and O–H groups in total. The molecule has 4 aromatic rings. The summed E-state index contributed by atoms with van der Waals surface area (Å²) in [7, 11) is -1.84. The van der Waals surface area contributed by atoms with Crippen molar-refractivity contribution in [3.8, 4) is 0 Å². The average molecular weight is 526 g/mol. The first kappa shape index (κ1) is 22.0. The SMILES string of the molecule is BrCc1cccc([P+](Cc2ccccc2)(c2ccccc2)c2ccccc2)c1.[Br-]. The van der Waals surface area contributed by atoms with Crippen LogP contribution in [-0.4, -0.2) is 0 Å². The van der Waals surface area contributed by atoms with Crippen LogP contribution in [0.2, 0.25) is 0 Å². The van der Waals surface area contributed by atoms with Gasteiger partial charge < -0.3 is 17.0 Å². The summed E-state index contributed by atoms with van der Waals surface area (Å²) in [6, 6.07) is 42.2. The first-order valence-electron chi connectivity index (χ1n) is 9.51. The van der Waals surface area contributed by atoms with Gasteiger partial charge in [0.25, 0.3) is 0 Å².